The molecule has 2 aromatic rings. The summed E-state index contributed by atoms with van der Waals surface area (Å²) >= 11 is 0. The number of nitrogens with one attached hydrogen (secondary N) is 1. The number of carbonyl (C=O) groups is 2. The third-order valence-electron chi connectivity index (χ3n) is 3.12. The Labute approximate surface area is 139 Å². The van der Waals surface area contributed by atoms with Gasteiger partial charge >= 0.3 is 6.09 Å². The van der Waals surface area contributed by atoms with E-state index in [0.717, 1.165) is 0 Å². The lowest BCUT2D eigenvalue weighted by molar-refractivity contribution is 0.0525. The van der Waals surface area contributed by atoms with Crippen LogP contribution < -0.4 is 5.32 Å². The second kappa shape index (κ2) is 7.25. The maximum absolute atomic E-state index is 13.6. The zero-order valence-electron chi connectivity index (χ0n) is 13.9. The highest BCUT2D eigenvalue weighted by Gasteiger charge is 2.15. The average molecular weight is 333 g/mol. The number of ether oxygens (including phenoxy) is 1. The fourth-order valence-corrected chi connectivity index (χ4v) is 2.12. The molecule has 0 atom stereocenters. The number of aromatic nitrogens is 2. The Bertz CT molecular complexity index is 735. The van der Waals surface area contributed by atoms with Gasteiger partial charge in [0.1, 0.15) is 11.4 Å². The Kier molecular flexibility index (Phi) is 5.33. The van der Waals surface area contributed by atoms with Crippen LogP contribution in [0.5, 0.6) is 0 Å². The molecule has 1 amide bonds. The number of hydrogen-bond acceptors (Lipinski definition) is 4. The van der Waals surface area contributed by atoms with Gasteiger partial charge in [0.2, 0.25) is 0 Å². The number of carbonyl (C=O) groups excluding carboxylic acids is 2. The Hall–Kier alpha value is -2.70. The number of aldehydes is 1. The lowest BCUT2D eigenvalue weighted by Gasteiger charge is -2.19. The number of hydrogen-bond donors (Lipinski definition) is 1. The third-order valence-corrected chi connectivity index (χ3v) is 3.12. The highest BCUT2D eigenvalue weighted by Crippen LogP contribution is 2.23. The Balaban J connectivity index is 1.98. The molecule has 128 valence electrons. The van der Waals surface area contributed by atoms with Crippen molar-refractivity contribution in [1.29, 1.82) is 0 Å². The summed E-state index contributed by atoms with van der Waals surface area (Å²) in [5.41, 5.74) is 0.570. The molecule has 1 heterocycles. The van der Waals surface area contributed by atoms with Gasteiger partial charge in [0.05, 0.1) is 18.3 Å². The SMILES string of the molecule is CC(C)(C)OC(=O)NCCn1cc(-c2cccc(F)c2C=O)cn1. The van der Waals surface area contributed by atoms with Gasteiger partial charge in [0.15, 0.2) is 6.29 Å². The number of halogens is 1. The fourth-order valence-electron chi connectivity index (χ4n) is 2.12. The first kappa shape index (κ1) is 17.7. The van der Waals surface area contributed by atoms with Crippen molar-refractivity contribution in [3.05, 3.63) is 42.0 Å². The van der Waals surface area contributed by atoms with Gasteiger partial charge in [-0.3, -0.25) is 9.48 Å². The molecule has 0 aliphatic carbocycles. The van der Waals surface area contributed by atoms with Crippen LogP contribution in [0, 0.1) is 5.82 Å². The molecule has 1 aromatic carbocycles. The molecule has 6 nitrogen and oxygen atoms in total. The summed E-state index contributed by atoms with van der Waals surface area (Å²) < 4.78 is 20.4. The molecule has 0 fully saturated rings. The topological polar surface area (TPSA) is 73.2 Å². The highest BCUT2D eigenvalue weighted by molar-refractivity contribution is 5.87. The second-order valence-corrected chi connectivity index (χ2v) is 6.24. The summed E-state index contributed by atoms with van der Waals surface area (Å²) in [4.78, 5) is 22.6. The normalized spacial score (nSPS) is 11.2. The zero-order valence-corrected chi connectivity index (χ0v) is 13.9. The van der Waals surface area contributed by atoms with Crippen molar-refractivity contribution in [1.82, 2.24) is 15.1 Å². The molecule has 0 saturated carbocycles. The Morgan fingerprint density at radius 1 is 1.42 bits per heavy atom. The molecule has 0 aliphatic rings. The minimum absolute atomic E-state index is 0.00364. The van der Waals surface area contributed by atoms with Crippen LogP contribution in [0.4, 0.5) is 9.18 Å². The number of nitrogens with zero attached hydrogens (tertiary/aromatic N) is 2. The third kappa shape index (κ3) is 4.65. The molecule has 1 N–H and O–H groups in total. The van der Waals surface area contributed by atoms with E-state index in [2.05, 4.69) is 10.4 Å². The Morgan fingerprint density at radius 3 is 2.83 bits per heavy atom. The van der Waals surface area contributed by atoms with Gasteiger partial charge in [-0.05, 0) is 32.4 Å². The van der Waals surface area contributed by atoms with E-state index < -0.39 is 17.5 Å². The van der Waals surface area contributed by atoms with Crippen LogP contribution in [0.15, 0.2) is 30.6 Å². The zero-order chi connectivity index (χ0) is 17.7. The summed E-state index contributed by atoms with van der Waals surface area (Å²) in [6.45, 7) is 6.12. The highest BCUT2D eigenvalue weighted by atomic mass is 19.1. The van der Waals surface area contributed by atoms with E-state index in [1.54, 1.807) is 50.0 Å². The first-order chi connectivity index (χ1) is 11.3. The van der Waals surface area contributed by atoms with Crippen molar-refractivity contribution in [2.45, 2.75) is 32.9 Å². The maximum atomic E-state index is 13.6. The van der Waals surface area contributed by atoms with Gasteiger partial charge in [-0.15, -0.1) is 0 Å². The molecule has 1 aromatic heterocycles. The predicted octanol–water partition coefficient (Wildman–Crippen LogP) is 3.03. The van der Waals surface area contributed by atoms with Gasteiger partial charge < -0.3 is 10.1 Å². The van der Waals surface area contributed by atoms with E-state index in [-0.39, 0.29) is 5.56 Å². The van der Waals surface area contributed by atoms with Gasteiger partial charge in [0, 0.05) is 18.3 Å². The Morgan fingerprint density at radius 2 is 2.17 bits per heavy atom. The van der Waals surface area contributed by atoms with Crippen LogP contribution in [-0.4, -0.2) is 34.3 Å². The maximum Gasteiger partial charge on any atom is 0.407 e. The van der Waals surface area contributed by atoms with Crippen molar-refractivity contribution >= 4 is 12.4 Å². The van der Waals surface area contributed by atoms with Crippen molar-refractivity contribution in [2.24, 2.45) is 0 Å². The second-order valence-electron chi connectivity index (χ2n) is 6.24. The van der Waals surface area contributed by atoms with Crippen LogP contribution in [0.3, 0.4) is 0 Å². The van der Waals surface area contributed by atoms with Gasteiger partial charge in [-0.25, -0.2) is 9.18 Å². The van der Waals surface area contributed by atoms with Crippen molar-refractivity contribution in [2.75, 3.05) is 6.54 Å². The minimum atomic E-state index is -0.568. The fraction of sp³-hybridized carbons (Fsp3) is 0.353. The summed E-state index contributed by atoms with van der Waals surface area (Å²) in [6, 6.07) is 4.44. The first-order valence-electron chi connectivity index (χ1n) is 7.53. The standard InChI is InChI=1S/C17H20FN3O3/c1-17(2,3)24-16(23)19-7-8-21-10-12(9-20-21)13-5-4-6-15(18)14(13)11-22/h4-6,9-11H,7-8H2,1-3H3,(H,19,23). The van der Waals surface area contributed by atoms with Crippen molar-refractivity contribution in [3.63, 3.8) is 0 Å². The van der Waals surface area contributed by atoms with E-state index in [4.69, 9.17) is 4.74 Å². The lowest BCUT2D eigenvalue weighted by Crippen LogP contribution is -2.34. The first-order valence-corrected chi connectivity index (χ1v) is 7.53. The minimum Gasteiger partial charge on any atom is -0.444 e. The summed E-state index contributed by atoms with van der Waals surface area (Å²) in [7, 11) is 0. The van der Waals surface area contributed by atoms with Gasteiger partial charge in [0.25, 0.3) is 0 Å². The molecule has 0 spiro atoms. The van der Waals surface area contributed by atoms with Gasteiger partial charge in [-0.1, -0.05) is 12.1 Å². The van der Waals surface area contributed by atoms with Gasteiger partial charge in [-0.2, -0.15) is 5.10 Å². The van der Waals surface area contributed by atoms with Crippen LogP contribution >= 0.6 is 0 Å². The number of benzene rings is 1. The molecule has 0 aliphatic heterocycles. The molecular weight excluding hydrogens is 313 g/mol. The van der Waals surface area contributed by atoms with E-state index >= 15 is 0 Å². The quantitative estimate of drug-likeness (QED) is 0.854. The smallest absolute Gasteiger partial charge is 0.407 e. The number of rotatable bonds is 5. The molecule has 24 heavy (non-hydrogen) atoms. The summed E-state index contributed by atoms with van der Waals surface area (Å²) in [5.74, 6) is -0.568. The largest absolute Gasteiger partial charge is 0.444 e. The molecular formula is C17H20FN3O3. The van der Waals surface area contributed by atoms with Crippen LogP contribution in [0.2, 0.25) is 0 Å². The van der Waals surface area contributed by atoms with Crippen LogP contribution in [-0.2, 0) is 11.3 Å². The van der Waals surface area contributed by atoms with Crippen molar-refractivity contribution in [3.8, 4) is 11.1 Å². The molecule has 0 radical (unpaired) electrons. The van der Waals surface area contributed by atoms with Crippen LogP contribution in [0.1, 0.15) is 31.1 Å². The predicted molar refractivity (Wildman–Crippen MR) is 87.2 cm³/mol. The van der Waals surface area contributed by atoms with E-state index in [1.165, 1.54) is 6.07 Å². The monoisotopic (exact) mass is 333 g/mol. The molecule has 2 rings (SSSR count). The summed E-state index contributed by atoms with van der Waals surface area (Å²) in [5, 5.41) is 6.79. The summed E-state index contributed by atoms with van der Waals surface area (Å²) in [6.07, 6.45) is 3.24. The molecule has 0 bridgehead atoms. The average Bonchev–Trinajstić information content (AvgIpc) is 2.93. The van der Waals surface area contributed by atoms with E-state index in [9.17, 15) is 14.0 Å². The van der Waals surface area contributed by atoms with Crippen LogP contribution in [0.25, 0.3) is 11.1 Å². The van der Waals surface area contributed by atoms with E-state index in [1.807, 2.05) is 0 Å². The molecule has 0 saturated heterocycles. The van der Waals surface area contributed by atoms with Crippen molar-refractivity contribution < 1.29 is 18.7 Å². The molecule has 0 unspecified atom stereocenters. The van der Waals surface area contributed by atoms with E-state index in [0.29, 0.717) is 30.5 Å². The lowest BCUT2D eigenvalue weighted by atomic mass is 10.0. The number of alkyl carbamates (subject to hydrolysis) is 1. The molecule has 7 heteroatoms. The number of amides is 1.